The van der Waals surface area contributed by atoms with E-state index in [9.17, 15) is 10.1 Å². The standard InChI is InChI=1S/C22H24N2O6/c1-26-16-8-14(9-17(12-16)27-2)6-7-21(25)24-18(13-23)15-10-19(28-3)22(30-5)20(11-15)29-4/h6-12,18H,1-5H3,(H,24,25)/b7-6+. The van der Waals surface area contributed by atoms with Crippen molar-refractivity contribution >= 4 is 12.0 Å². The number of benzene rings is 2. The number of carbonyl (C=O) groups is 1. The van der Waals surface area contributed by atoms with Crippen LogP contribution in [0.5, 0.6) is 28.7 Å². The van der Waals surface area contributed by atoms with E-state index in [-0.39, 0.29) is 0 Å². The largest absolute Gasteiger partial charge is 0.497 e. The lowest BCUT2D eigenvalue weighted by molar-refractivity contribution is -0.116. The van der Waals surface area contributed by atoms with Crippen molar-refractivity contribution in [3.63, 3.8) is 0 Å². The number of hydrogen-bond acceptors (Lipinski definition) is 7. The summed E-state index contributed by atoms with van der Waals surface area (Å²) in [4.78, 5) is 12.4. The summed E-state index contributed by atoms with van der Waals surface area (Å²) < 4.78 is 26.3. The number of hydrogen-bond donors (Lipinski definition) is 1. The molecule has 0 aliphatic rings. The highest BCUT2D eigenvalue weighted by atomic mass is 16.5. The van der Waals surface area contributed by atoms with Gasteiger partial charge in [-0.1, -0.05) is 0 Å². The lowest BCUT2D eigenvalue weighted by Crippen LogP contribution is -2.25. The summed E-state index contributed by atoms with van der Waals surface area (Å²) in [6, 6.07) is 9.62. The van der Waals surface area contributed by atoms with Gasteiger partial charge in [-0.25, -0.2) is 0 Å². The average Bonchev–Trinajstić information content (AvgIpc) is 2.79. The zero-order valence-electron chi connectivity index (χ0n) is 17.5. The average molecular weight is 412 g/mol. The summed E-state index contributed by atoms with van der Waals surface area (Å²) >= 11 is 0. The van der Waals surface area contributed by atoms with Gasteiger partial charge in [0.05, 0.1) is 41.6 Å². The minimum atomic E-state index is -0.921. The van der Waals surface area contributed by atoms with Crippen molar-refractivity contribution < 1.29 is 28.5 Å². The molecule has 0 bridgehead atoms. The monoisotopic (exact) mass is 412 g/mol. The second-order valence-electron chi connectivity index (χ2n) is 6.01. The van der Waals surface area contributed by atoms with Gasteiger partial charge in [0.15, 0.2) is 11.5 Å². The molecule has 1 unspecified atom stereocenters. The number of amides is 1. The van der Waals surface area contributed by atoms with Crippen LogP contribution < -0.4 is 29.0 Å². The number of methoxy groups -OCH3 is 5. The molecule has 0 saturated heterocycles. The van der Waals surface area contributed by atoms with Crippen LogP contribution in [-0.2, 0) is 4.79 Å². The van der Waals surface area contributed by atoms with Crippen molar-refractivity contribution in [2.24, 2.45) is 0 Å². The van der Waals surface area contributed by atoms with Crippen LogP contribution in [0, 0.1) is 11.3 Å². The Morgan fingerprint density at radius 2 is 1.47 bits per heavy atom. The molecule has 0 aromatic heterocycles. The number of carbonyl (C=O) groups excluding carboxylic acids is 1. The molecule has 1 atom stereocenters. The van der Waals surface area contributed by atoms with Crippen LogP contribution in [0.25, 0.3) is 6.08 Å². The minimum Gasteiger partial charge on any atom is -0.497 e. The first kappa shape index (κ1) is 22.4. The molecule has 2 aromatic carbocycles. The summed E-state index contributed by atoms with van der Waals surface area (Å²) in [6.45, 7) is 0. The van der Waals surface area contributed by atoms with Crippen LogP contribution >= 0.6 is 0 Å². The predicted molar refractivity (Wildman–Crippen MR) is 111 cm³/mol. The Morgan fingerprint density at radius 1 is 0.900 bits per heavy atom. The number of ether oxygens (including phenoxy) is 5. The maximum atomic E-state index is 12.4. The third-order valence-corrected chi connectivity index (χ3v) is 4.24. The minimum absolute atomic E-state index is 0.389. The highest BCUT2D eigenvalue weighted by Gasteiger charge is 2.19. The van der Waals surface area contributed by atoms with Crippen LogP contribution in [0.3, 0.4) is 0 Å². The molecule has 2 rings (SSSR count). The highest BCUT2D eigenvalue weighted by Crippen LogP contribution is 2.39. The second kappa shape index (κ2) is 10.6. The van der Waals surface area contributed by atoms with Crippen molar-refractivity contribution in [2.45, 2.75) is 6.04 Å². The van der Waals surface area contributed by atoms with Crippen molar-refractivity contribution in [3.8, 4) is 34.8 Å². The van der Waals surface area contributed by atoms with Crippen LogP contribution in [0.2, 0.25) is 0 Å². The fraction of sp³-hybridized carbons (Fsp3) is 0.273. The fourth-order valence-electron chi connectivity index (χ4n) is 2.75. The summed E-state index contributed by atoms with van der Waals surface area (Å²) in [6.07, 6.45) is 2.93. The maximum Gasteiger partial charge on any atom is 0.245 e. The van der Waals surface area contributed by atoms with Crippen LogP contribution in [-0.4, -0.2) is 41.5 Å². The van der Waals surface area contributed by atoms with Crippen LogP contribution in [0.4, 0.5) is 0 Å². The predicted octanol–water partition coefficient (Wildman–Crippen LogP) is 3.12. The quantitative estimate of drug-likeness (QED) is 0.632. The first-order valence-corrected chi connectivity index (χ1v) is 8.90. The van der Waals surface area contributed by atoms with Crippen molar-refractivity contribution in [1.82, 2.24) is 5.32 Å². The third-order valence-electron chi connectivity index (χ3n) is 4.24. The van der Waals surface area contributed by atoms with E-state index < -0.39 is 11.9 Å². The van der Waals surface area contributed by atoms with Gasteiger partial charge in [-0.2, -0.15) is 5.26 Å². The molecule has 30 heavy (non-hydrogen) atoms. The maximum absolute atomic E-state index is 12.4. The van der Waals surface area contributed by atoms with Crippen molar-refractivity contribution in [3.05, 3.63) is 47.5 Å². The molecule has 0 saturated carbocycles. The normalized spacial score (nSPS) is 11.3. The molecule has 8 nitrogen and oxygen atoms in total. The molecule has 0 radical (unpaired) electrons. The molecular weight excluding hydrogens is 388 g/mol. The first-order valence-electron chi connectivity index (χ1n) is 8.90. The number of nitrogens with one attached hydrogen (secondary N) is 1. The van der Waals surface area contributed by atoms with Gasteiger partial charge in [0.2, 0.25) is 11.7 Å². The van der Waals surface area contributed by atoms with E-state index in [0.29, 0.717) is 39.9 Å². The summed E-state index contributed by atoms with van der Waals surface area (Å²) in [5.41, 5.74) is 1.21. The van der Waals surface area contributed by atoms with Crippen molar-refractivity contribution in [2.75, 3.05) is 35.5 Å². The molecule has 2 aromatic rings. The molecule has 1 N–H and O–H groups in total. The zero-order valence-corrected chi connectivity index (χ0v) is 17.5. The topological polar surface area (TPSA) is 99.0 Å². The Morgan fingerprint density at radius 3 is 1.90 bits per heavy atom. The lowest BCUT2D eigenvalue weighted by atomic mass is 10.1. The lowest BCUT2D eigenvalue weighted by Gasteiger charge is -2.17. The fourth-order valence-corrected chi connectivity index (χ4v) is 2.75. The number of rotatable bonds is 9. The Hall–Kier alpha value is -3.86. The zero-order chi connectivity index (χ0) is 22.1. The van der Waals surface area contributed by atoms with Crippen LogP contribution in [0.1, 0.15) is 17.2 Å². The summed E-state index contributed by atoms with van der Waals surface area (Å²) in [5, 5.41) is 12.2. The van der Waals surface area contributed by atoms with Gasteiger partial charge < -0.3 is 29.0 Å². The molecule has 0 spiro atoms. The molecule has 0 heterocycles. The summed E-state index contributed by atoms with van der Waals surface area (Å²) in [7, 11) is 7.54. The van der Waals surface area contributed by atoms with Gasteiger partial charge in [0.25, 0.3) is 0 Å². The Labute approximate surface area is 175 Å². The highest BCUT2D eigenvalue weighted by molar-refractivity contribution is 5.92. The van der Waals surface area contributed by atoms with Gasteiger partial charge in [-0.05, 0) is 41.5 Å². The van der Waals surface area contributed by atoms with E-state index >= 15 is 0 Å². The van der Waals surface area contributed by atoms with E-state index in [1.165, 1.54) is 27.4 Å². The van der Waals surface area contributed by atoms with Gasteiger partial charge >= 0.3 is 0 Å². The van der Waals surface area contributed by atoms with E-state index in [1.54, 1.807) is 50.6 Å². The molecule has 158 valence electrons. The second-order valence-corrected chi connectivity index (χ2v) is 6.01. The van der Waals surface area contributed by atoms with Gasteiger partial charge in [0.1, 0.15) is 17.5 Å². The number of nitriles is 1. The summed E-state index contributed by atoms with van der Waals surface area (Å²) in [5.74, 6) is 1.93. The smallest absolute Gasteiger partial charge is 0.245 e. The molecule has 0 aliphatic carbocycles. The van der Waals surface area contributed by atoms with E-state index in [2.05, 4.69) is 11.4 Å². The van der Waals surface area contributed by atoms with E-state index in [1.807, 2.05) is 0 Å². The first-order chi connectivity index (χ1) is 14.5. The van der Waals surface area contributed by atoms with E-state index in [0.717, 1.165) is 0 Å². The van der Waals surface area contributed by atoms with Crippen molar-refractivity contribution in [1.29, 1.82) is 5.26 Å². The molecule has 8 heteroatoms. The number of nitrogens with zero attached hydrogens (tertiary/aromatic N) is 1. The molecule has 0 aliphatic heterocycles. The SMILES string of the molecule is COc1cc(/C=C/C(=O)NC(C#N)c2cc(OC)c(OC)c(OC)c2)cc(OC)c1. The Balaban J connectivity index is 2.23. The van der Waals surface area contributed by atoms with Crippen LogP contribution in [0.15, 0.2) is 36.4 Å². The Bertz CT molecular complexity index is 917. The molecule has 0 fully saturated rings. The molecular formula is C22H24N2O6. The van der Waals surface area contributed by atoms with E-state index in [4.69, 9.17) is 23.7 Å². The Kier molecular flexibility index (Phi) is 7.94. The van der Waals surface area contributed by atoms with Gasteiger partial charge in [-0.15, -0.1) is 0 Å². The van der Waals surface area contributed by atoms with Gasteiger partial charge in [0, 0.05) is 12.1 Å². The third kappa shape index (κ3) is 5.35. The van der Waals surface area contributed by atoms with Gasteiger partial charge in [-0.3, -0.25) is 4.79 Å². The molecule has 1 amide bonds.